The van der Waals surface area contributed by atoms with Gasteiger partial charge in [0.1, 0.15) is 0 Å². The van der Waals surface area contributed by atoms with Crippen molar-refractivity contribution in [2.75, 3.05) is 35.4 Å². The number of nitrogens with two attached hydrogens (primary N) is 2. The minimum atomic E-state index is -0.291. The molecule has 0 spiro atoms. The van der Waals surface area contributed by atoms with E-state index >= 15 is 0 Å². The summed E-state index contributed by atoms with van der Waals surface area (Å²) in [4.78, 5) is 32.7. The Morgan fingerprint density at radius 3 is 1.06 bits per heavy atom. The zero-order valence-electron chi connectivity index (χ0n) is 18.8. The number of rotatable bonds is 6. The highest BCUT2D eigenvalue weighted by Crippen LogP contribution is 2.17. The standard InChI is InChI=1S/C24H26N8O2/c1-27-23(25)31-19-11-7-17(8-12-19)29-21(33)15-3-5-16(6-4-15)22(34)30-18-9-13-20(14-10-18)32-24(26)28-2/h3-14H,1-2H3,(H,29,33)(H,30,34)(H3,25,27,31)(H3,26,28,32). The van der Waals surface area contributed by atoms with Crippen LogP contribution in [0.15, 0.2) is 82.8 Å². The van der Waals surface area contributed by atoms with E-state index in [4.69, 9.17) is 11.5 Å². The second-order valence-electron chi connectivity index (χ2n) is 7.11. The van der Waals surface area contributed by atoms with Crippen LogP contribution in [-0.4, -0.2) is 37.8 Å². The number of nitrogens with zero attached hydrogens (tertiary/aromatic N) is 2. The lowest BCUT2D eigenvalue weighted by molar-refractivity contribution is 0.101. The van der Waals surface area contributed by atoms with Gasteiger partial charge in [0.25, 0.3) is 11.8 Å². The predicted molar refractivity (Wildman–Crippen MR) is 138 cm³/mol. The van der Waals surface area contributed by atoms with Crippen molar-refractivity contribution in [1.82, 2.24) is 0 Å². The molecular formula is C24H26N8O2. The first-order valence-electron chi connectivity index (χ1n) is 10.3. The predicted octanol–water partition coefficient (Wildman–Crippen LogP) is 2.90. The molecule has 3 aromatic carbocycles. The van der Waals surface area contributed by atoms with Gasteiger partial charge in [0.05, 0.1) is 0 Å². The zero-order chi connectivity index (χ0) is 24.5. The van der Waals surface area contributed by atoms with E-state index in [-0.39, 0.29) is 11.8 Å². The topological polar surface area (TPSA) is 159 Å². The maximum absolute atomic E-state index is 12.5. The molecule has 0 bridgehead atoms. The van der Waals surface area contributed by atoms with Gasteiger partial charge in [-0.2, -0.15) is 0 Å². The summed E-state index contributed by atoms with van der Waals surface area (Å²) in [5.74, 6) is 0.00436. The molecule has 0 atom stereocenters. The van der Waals surface area contributed by atoms with Gasteiger partial charge < -0.3 is 32.7 Å². The van der Waals surface area contributed by atoms with Gasteiger partial charge in [-0.1, -0.05) is 0 Å². The first-order chi connectivity index (χ1) is 16.4. The third-order valence-corrected chi connectivity index (χ3v) is 4.72. The third kappa shape index (κ3) is 6.57. The van der Waals surface area contributed by atoms with Crippen molar-refractivity contribution in [2.24, 2.45) is 21.5 Å². The summed E-state index contributed by atoms with van der Waals surface area (Å²) >= 11 is 0. The Labute approximate surface area is 197 Å². The van der Waals surface area contributed by atoms with Crippen LogP contribution in [0.3, 0.4) is 0 Å². The Balaban J connectivity index is 1.57. The first-order valence-corrected chi connectivity index (χ1v) is 10.3. The number of carbonyl (C=O) groups is 2. The lowest BCUT2D eigenvalue weighted by Crippen LogP contribution is -2.22. The van der Waals surface area contributed by atoms with Gasteiger partial charge in [-0.15, -0.1) is 0 Å². The van der Waals surface area contributed by atoms with Gasteiger partial charge in [-0.3, -0.25) is 19.6 Å². The van der Waals surface area contributed by atoms with Crippen molar-refractivity contribution < 1.29 is 9.59 Å². The molecule has 0 aliphatic carbocycles. The van der Waals surface area contributed by atoms with Gasteiger partial charge in [-0.25, -0.2) is 0 Å². The number of carbonyl (C=O) groups excluding carboxylic acids is 2. The molecule has 0 aliphatic rings. The second kappa shape index (κ2) is 11.1. The SMILES string of the molecule is CN=C(N)Nc1ccc(NC(=O)c2ccc(C(=O)Nc3ccc(NC(N)=NC)cc3)cc2)cc1. The van der Waals surface area contributed by atoms with Crippen molar-refractivity contribution in [3.8, 4) is 0 Å². The van der Waals surface area contributed by atoms with Crippen molar-refractivity contribution >= 4 is 46.5 Å². The van der Waals surface area contributed by atoms with E-state index in [0.717, 1.165) is 11.4 Å². The lowest BCUT2D eigenvalue weighted by Gasteiger charge is -2.09. The Morgan fingerprint density at radius 2 is 0.794 bits per heavy atom. The summed E-state index contributed by atoms with van der Waals surface area (Å²) in [5, 5.41) is 11.5. The highest BCUT2D eigenvalue weighted by atomic mass is 16.2. The van der Waals surface area contributed by atoms with Gasteiger partial charge in [0.2, 0.25) is 0 Å². The molecule has 0 radical (unpaired) electrons. The summed E-state index contributed by atoms with van der Waals surface area (Å²) in [5.41, 5.74) is 14.9. The quantitative estimate of drug-likeness (QED) is 0.246. The van der Waals surface area contributed by atoms with E-state index in [1.165, 1.54) is 0 Å². The van der Waals surface area contributed by atoms with E-state index in [0.29, 0.717) is 34.4 Å². The Morgan fingerprint density at radius 1 is 0.529 bits per heavy atom. The molecule has 0 saturated heterocycles. The van der Waals surface area contributed by atoms with Gasteiger partial charge >= 0.3 is 0 Å². The summed E-state index contributed by atoms with van der Waals surface area (Å²) in [6.07, 6.45) is 0. The number of anilines is 4. The van der Waals surface area contributed by atoms with E-state index < -0.39 is 0 Å². The number of guanidine groups is 2. The summed E-state index contributed by atoms with van der Waals surface area (Å²) in [7, 11) is 3.17. The molecule has 0 aliphatic heterocycles. The first kappa shape index (κ1) is 23.8. The Kier molecular flexibility index (Phi) is 7.79. The minimum absolute atomic E-state index is 0.291. The van der Waals surface area contributed by atoms with E-state index in [2.05, 4.69) is 31.3 Å². The molecule has 8 N–H and O–H groups in total. The molecule has 0 heterocycles. The van der Waals surface area contributed by atoms with Crippen LogP contribution in [0.4, 0.5) is 22.7 Å². The maximum Gasteiger partial charge on any atom is 0.255 e. The van der Waals surface area contributed by atoms with Crippen molar-refractivity contribution in [1.29, 1.82) is 0 Å². The molecule has 34 heavy (non-hydrogen) atoms. The number of aliphatic imine (C=N–C) groups is 2. The fourth-order valence-corrected chi connectivity index (χ4v) is 2.86. The average molecular weight is 459 g/mol. The monoisotopic (exact) mass is 458 g/mol. The third-order valence-electron chi connectivity index (χ3n) is 4.72. The number of amides is 2. The molecule has 174 valence electrons. The van der Waals surface area contributed by atoms with Crippen LogP contribution < -0.4 is 32.7 Å². The molecular weight excluding hydrogens is 432 g/mol. The number of hydrogen-bond donors (Lipinski definition) is 6. The second-order valence-corrected chi connectivity index (χ2v) is 7.11. The molecule has 0 aromatic heterocycles. The van der Waals surface area contributed by atoms with E-state index in [1.54, 1.807) is 86.9 Å². The van der Waals surface area contributed by atoms with Crippen LogP contribution in [0.25, 0.3) is 0 Å². The van der Waals surface area contributed by atoms with Crippen LogP contribution in [0, 0.1) is 0 Å². The summed E-state index contributed by atoms with van der Waals surface area (Å²) < 4.78 is 0. The maximum atomic E-state index is 12.5. The molecule has 0 saturated carbocycles. The highest BCUT2D eigenvalue weighted by molar-refractivity contribution is 6.07. The Hall–Kier alpha value is -4.86. The minimum Gasteiger partial charge on any atom is -0.370 e. The fourth-order valence-electron chi connectivity index (χ4n) is 2.86. The van der Waals surface area contributed by atoms with Crippen LogP contribution in [0.5, 0.6) is 0 Å². The van der Waals surface area contributed by atoms with Gasteiger partial charge in [-0.05, 0) is 72.8 Å². The molecule has 10 nitrogen and oxygen atoms in total. The normalized spacial score (nSPS) is 11.5. The van der Waals surface area contributed by atoms with Crippen molar-refractivity contribution in [2.45, 2.75) is 0 Å². The van der Waals surface area contributed by atoms with Crippen molar-refractivity contribution in [3.05, 3.63) is 83.9 Å². The van der Waals surface area contributed by atoms with Crippen molar-refractivity contribution in [3.63, 3.8) is 0 Å². The zero-order valence-corrected chi connectivity index (χ0v) is 18.8. The average Bonchev–Trinajstić information content (AvgIpc) is 2.86. The van der Waals surface area contributed by atoms with E-state index in [1.807, 2.05) is 0 Å². The number of hydrogen-bond acceptors (Lipinski definition) is 4. The van der Waals surface area contributed by atoms with Crippen LogP contribution in [0.1, 0.15) is 20.7 Å². The summed E-state index contributed by atoms with van der Waals surface area (Å²) in [6, 6.07) is 20.5. The fraction of sp³-hybridized carbons (Fsp3) is 0.0833. The smallest absolute Gasteiger partial charge is 0.255 e. The molecule has 0 unspecified atom stereocenters. The van der Waals surface area contributed by atoms with Gasteiger partial charge in [0, 0.05) is 48.0 Å². The number of nitrogens with one attached hydrogen (secondary N) is 4. The summed E-state index contributed by atoms with van der Waals surface area (Å²) in [6.45, 7) is 0. The molecule has 0 fully saturated rings. The molecule has 10 heteroatoms. The van der Waals surface area contributed by atoms with Crippen LogP contribution >= 0.6 is 0 Å². The number of benzene rings is 3. The molecule has 2 amide bonds. The molecule has 3 rings (SSSR count). The highest BCUT2D eigenvalue weighted by Gasteiger charge is 2.10. The van der Waals surface area contributed by atoms with Crippen LogP contribution in [-0.2, 0) is 0 Å². The van der Waals surface area contributed by atoms with E-state index in [9.17, 15) is 9.59 Å². The molecule has 3 aromatic rings. The largest absolute Gasteiger partial charge is 0.370 e. The Bertz CT molecular complexity index is 1100. The van der Waals surface area contributed by atoms with Crippen LogP contribution in [0.2, 0.25) is 0 Å². The lowest BCUT2D eigenvalue weighted by atomic mass is 10.1. The van der Waals surface area contributed by atoms with Gasteiger partial charge in [0.15, 0.2) is 11.9 Å².